The average molecular weight is 307 g/mol. The Labute approximate surface area is 124 Å². The van der Waals surface area contributed by atoms with Gasteiger partial charge in [0.1, 0.15) is 5.76 Å². The number of carbonyl (C=O) groups excluding carboxylic acids is 1. The maximum Gasteiger partial charge on any atom is 0.207 e. The minimum Gasteiger partial charge on any atom is -0.506 e. The molecule has 4 nitrogen and oxygen atoms in total. The number of aliphatic hydroxyl groups excluding tert-OH is 1. The van der Waals surface area contributed by atoms with Gasteiger partial charge < -0.3 is 10.2 Å². The Morgan fingerprint density at radius 1 is 1.45 bits per heavy atom. The smallest absolute Gasteiger partial charge is 0.207 e. The molecule has 0 saturated carbocycles. The standard InChI is InChI=1S/C14H9ClNO3S/c1-6-4-7-9(16-6)5-8(15)13(18)12(7)14(19)10-2-3-11(17)20-10/h2-3,17-18H,5H2,1H3. The number of aromatic hydroxyl groups is 1. The number of thiophene rings is 1. The van der Waals surface area contributed by atoms with E-state index in [1.165, 1.54) is 12.1 Å². The summed E-state index contributed by atoms with van der Waals surface area (Å²) in [5, 5.41) is 19.7. The first-order valence-electron chi connectivity index (χ1n) is 5.81. The molecule has 1 aliphatic heterocycles. The van der Waals surface area contributed by atoms with Crippen LogP contribution in [0, 0.1) is 6.08 Å². The summed E-state index contributed by atoms with van der Waals surface area (Å²) in [4.78, 5) is 17.1. The van der Waals surface area contributed by atoms with Crippen LogP contribution in [0.3, 0.4) is 0 Å². The zero-order valence-corrected chi connectivity index (χ0v) is 12.0. The number of carbonyl (C=O) groups is 1. The molecule has 1 aliphatic carbocycles. The lowest BCUT2D eigenvalue weighted by molar-refractivity contribution is 0.103. The lowest BCUT2D eigenvalue weighted by Crippen LogP contribution is -2.17. The number of ketones is 1. The highest BCUT2D eigenvalue weighted by Crippen LogP contribution is 2.37. The zero-order valence-electron chi connectivity index (χ0n) is 10.4. The van der Waals surface area contributed by atoms with Crippen molar-refractivity contribution in [1.82, 2.24) is 0 Å². The molecular formula is C14H9ClNO3S. The van der Waals surface area contributed by atoms with Gasteiger partial charge in [0, 0.05) is 23.8 Å². The van der Waals surface area contributed by atoms with Crippen molar-refractivity contribution in [1.29, 1.82) is 0 Å². The van der Waals surface area contributed by atoms with Crippen LogP contribution in [0.2, 0.25) is 0 Å². The minimum atomic E-state index is -0.393. The van der Waals surface area contributed by atoms with Gasteiger partial charge in [-0.15, -0.1) is 0 Å². The predicted molar refractivity (Wildman–Crippen MR) is 77.3 cm³/mol. The molecule has 0 unspecified atom stereocenters. The second-order valence-corrected chi connectivity index (χ2v) is 5.93. The fourth-order valence-electron chi connectivity index (χ4n) is 2.15. The number of Topliss-reactive ketones (excluding diaryl/α,β-unsaturated/α-hetero) is 1. The van der Waals surface area contributed by atoms with Crippen LogP contribution in [0.4, 0.5) is 0 Å². The fourth-order valence-corrected chi connectivity index (χ4v) is 3.07. The highest BCUT2D eigenvalue weighted by Gasteiger charge is 2.32. The van der Waals surface area contributed by atoms with E-state index in [0.29, 0.717) is 28.3 Å². The number of allylic oxidation sites excluding steroid dienone is 5. The molecular weight excluding hydrogens is 298 g/mol. The summed E-state index contributed by atoms with van der Waals surface area (Å²) in [6.45, 7) is 1.77. The summed E-state index contributed by atoms with van der Waals surface area (Å²) in [7, 11) is 0. The molecule has 1 aromatic heterocycles. The molecule has 0 fully saturated rings. The molecule has 0 aromatic carbocycles. The van der Waals surface area contributed by atoms with E-state index in [1.807, 2.05) is 0 Å². The van der Waals surface area contributed by atoms with E-state index in [0.717, 1.165) is 11.3 Å². The van der Waals surface area contributed by atoms with Crippen LogP contribution < -0.4 is 0 Å². The summed E-state index contributed by atoms with van der Waals surface area (Å²) in [5.41, 5.74) is 1.86. The first-order valence-corrected chi connectivity index (χ1v) is 7.01. The Balaban J connectivity index is 2.16. The Morgan fingerprint density at radius 2 is 2.20 bits per heavy atom. The Kier molecular flexibility index (Phi) is 3.03. The maximum absolute atomic E-state index is 12.5. The van der Waals surface area contributed by atoms with Crippen molar-refractivity contribution < 1.29 is 15.0 Å². The van der Waals surface area contributed by atoms with E-state index in [4.69, 9.17) is 11.6 Å². The molecule has 1 radical (unpaired) electrons. The molecule has 6 heteroatoms. The highest BCUT2D eigenvalue weighted by atomic mass is 35.5. The van der Waals surface area contributed by atoms with Gasteiger partial charge >= 0.3 is 0 Å². The van der Waals surface area contributed by atoms with Gasteiger partial charge in [-0.3, -0.25) is 9.79 Å². The van der Waals surface area contributed by atoms with Crippen molar-refractivity contribution in [3.8, 4) is 5.06 Å². The molecule has 0 saturated heterocycles. The number of fused-ring (bicyclic) bond motifs is 1. The normalized spacial score (nSPS) is 18.1. The summed E-state index contributed by atoms with van der Waals surface area (Å²) >= 11 is 6.94. The van der Waals surface area contributed by atoms with Crippen molar-refractivity contribution in [2.75, 3.05) is 0 Å². The molecule has 3 rings (SSSR count). The molecule has 1 aromatic rings. The second kappa shape index (κ2) is 4.61. The quantitative estimate of drug-likeness (QED) is 0.821. The number of aliphatic imine (C=N–C) groups is 1. The van der Waals surface area contributed by atoms with Crippen molar-refractivity contribution in [2.45, 2.75) is 13.3 Å². The Hall–Kier alpha value is -1.85. The van der Waals surface area contributed by atoms with Gasteiger partial charge in [0.2, 0.25) is 5.78 Å². The highest BCUT2D eigenvalue weighted by molar-refractivity contribution is 7.15. The number of hydrogen-bond donors (Lipinski definition) is 2. The number of nitrogens with zero attached hydrogens (tertiary/aromatic N) is 1. The van der Waals surface area contributed by atoms with Gasteiger partial charge in [0.25, 0.3) is 0 Å². The molecule has 2 aliphatic rings. The van der Waals surface area contributed by atoms with Crippen molar-refractivity contribution in [3.05, 3.63) is 50.7 Å². The first kappa shape index (κ1) is 13.1. The Morgan fingerprint density at radius 3 is 2.85 bits per heavy atom. The van der Waals surface area contributed by atoms with Crippen LogP contribution in [-0.2, 0) is 0 Å². The molecule has 0 spiro atoms. The molecule has 2 N–H and O–H groups in total. The lowest BCUT2D eigenvalue weighted by atomic mass is 9.91. The fraction of sp³-hybridized carbons (Fsp3) is 0.143. The summed E-state index contributed by atoms with van der Waals surface area (Å²) in [6.07, 6.45) is 3.27. The lowest BCUT2D eigenvalue weighted by Gasteiger charge is -2.16. The third-order valence-electron chi connectivity index (χ3n) is 3.01. The second-order valence-electron chi connectivity index (χ2n) is 4.42. The first-order chi connectivity index (χ1) is 9.47. The number of rotatable bonds is 2. The van der Waals surface area contributed by atoms with Crippen LogP contribution in [0.5, 0.6) is 5.06 Å². The molecule has 0 bridgehead atoms. The minimum absolute atomic E-state index is 0.0420. The van der Waals surface area contributed by atoms with Gasteiger partial charge in [0.05, 0.1) is 21.2 Å². The topological polar surface area (TPSA) is 69.9 Å². The maximum atomic E-state index is 12.5. The summed E-state index contributed by atoms with van der Waals surface area (Å²) in [6, 6.07) is 2.94. The van der Waals surface area contributed by atoms with E-state index in [1.54, 1.807) is 6.92 Å². The summed E-state index contributed by atoms with van der Waals surface area (Å²) < 4.78 is 0. The number of hydrogen-bond acceptors (Lipinski definition) is 5. The molecule has 0 atom stereocenters. The van der Waals surface area contributed by atoms with Gasteiger partial charge in [-0.1, -0.05) is 22.9 Å². The largest absolute Gasteiger partial charge is 0.506 e. The number of aliphatic hydroxyl groups is 1. The van der Waals surface area contributed by atoms with Gasteiger partial charge in [-0.2, -0.15) is 0 Å². The molecule has 0 amide bonds. The summed E-state index contributed by atoms with van der Waals surface area (Å²) in [5.74, 6) is -0.628. The van der Waals surface area contributed by atoms with Crippen LogP contribution >= 0.6 is 22.9 Å². The molecule has 20 heavy (non-hydrogen) atoms. The molecule has 2 heterocycles. The molecule has 101 valence electrons. The predicted octanol–water partition coefficient (Wildman–Crippen LogP) is 3.51. The zero-order chi connectivity index (χ0) is 14.4. The van der Waals surface area contributed by atoms with Crippen molar-refractivity contribution >= 4 is 34.4 Å². The van der Waals surface area contributed by atoms with E-state index in [2.05, 4.69) is 11.1 Å². The third kappa shape index (κ3) is 1.99. The number of halogens is 1. The van der Waals surface area contributed by atoms with Gasteiger partial charge in [-0.25, -0.2) is 0 Å². The van der Waals surface area contributed by atoms with E-state index >= 15 is 0 Å². The monoisotopic (exact) mass is 306 g/mol. The van der Waals surface area contributed by atoms with E-state index in [9.17, 15) is 15.0 Å². The van der Waals surface area contributed by atoms with Crippen LogP contribution in [-0.4, -0.2) is 21.7 Å². The van der Waals surface area contributed by atoms with Crippen LogP contribution in [0.25, 0.3) is 0 Å². The van der Waals surface area contributed by atoms with Crippen LogP contribution in [0.1, 0.15) is 23.0 Å². The Bertz CT molecular complexity index is 752. The van der Waals surface area contributed by atoms with E-state index in [-0.39, 0.29) is 21.4 Å². The third-order valence-corrected chi connectivity index (χ3v) is 4.21. The van der Waals surface area contributed by atoms with E-state index < -0.39 is 5.78 Å². The van der Waals surface area contributed by atoms with Crippen LogP contribution in [0.15, 0.2) is 44.8 Å². The van der Waals surface area contributed by atoms with Gasteiger partial charge in [-0.05, 0) is 19.1 Å². The van der Waals surface area contributed by atoms with Gasteiger partial charge in [0.15, 0.2) is 5.06 Å². The van der Waals surface area contributed by atoms with Crippen molar-refractivity contribution in [3.63, 3.8) is 0 Å². The average Bonchev–Trinajstić information content (AvgIpc) is 2.95. The van der Waals surface area contributed by atoms with Crippen molar-refractivity contribution in [2.24, 2.45) is 4.99 Å². The SMILES string of the molecule is CC1=[C]C2=C(C(=O)c3ccc(O)s3)C(O)=C(Cl)CC2=N1.